The molecule has 119 valence electrons. The van der Waals surface area contributed by atoms with E-state index in [0.717, 1.165) is 0 Å². The Hall–Kier alpha value is -0.357. The molecular weight excluding hydrogens is 402 g/mol. The SMILES string of the molecule is Cc1cc(C(C)(C)C)ccc1C1=Cc2ccccc2[CH]1[Zr+2].[Cl-].[Cl-]. The summed E-state index contributed by atoms with van der Waals surface area (Å²) in [5.41, 5.74) is 8.83. The Bertz CT molecular complexity index is 727. The van der Waals surface area contributed by atoms with E-state index < -0.39 is 0 Å². The summed E-state index contributed by atoms with van der Waals surface area (Å²) in [4.78, 5) is 0. The van der Waals surface area contributed by atoms with E-state index >= 15 is 0 Å². The molecule has 1 unspecified atom stereocenters. The number of allylic oxidation sites excluding steroid dienone is 1. The molecule has 0 N–H and O–H groups in total. The predicted octanol–water partition coefficient (Wildman–Crippen LogP) is -0.557. The van der Waals surface area contributed by atoms with Crippen LogP contribution in [0.5, 0.6) is 0 Å². The summed E-state index contributed by atoms with van der Waals surface area (Å²) >= 11 is 1.57. The van der Waals surface area contributed by atoms with Crippen molar-refractivity contribution in [3.8, 4) is 0 Å². The van der Waals surface area contributed by atoms with Gasteiger partial charge in [0, 0.05) is 0 Å². The summed E-state index contributed by atoms with van der Waals surface area (Å²) < 4.78 is 0.576. The van der Waals surface area contributed by atoms with Crippen LogP contribution in [0, 0.1) is 6.92 Å². The molecule has 1 aliphatic carbocycles. The van der Waals surface area contributed by atoms with Crippen molar-refractivity contribution in [3.05, 3.63) is 70.3 Å². The van der Waals surface area contributed by atoms with E-state index in [1.54, 1.807) is 24.7 Å². The number of benzene rings is 2. The van der Waals surface area contributed by atoms with Gasteiger partial charge in [0.25, 0.3) is 0 Å². The minimum atomic E-state index is 0. The van der Waals surface area contributed by atoms with Gasteiger partial charge in [-0.15, -0.1) is 0 Å². The van der Waals surface area contributed by atoms with E-state index in [1.165, 1.54) is 33.4 Å². The zero-order valence-corrected chi connectivity index (χ0v) is 17.9. The normalized spacial score (nSPS) is 16.1. The van der Waals surface area contributed by atoms with Gasteiger partial charge < -0.3 is 24.8 Å². The summed E-state index contributed by atoms with van der Waals surface area (Å²) in [6, 6.07) is 15.8. The Morgan fingerprint density at radius 3 is 2.17 bits per heavy atom. The van der Waals surface area contributed by atoms with Gasteiger partial charge in [-0.2, -0.15) is 0 Å². The van der Waals surface area contributed by atoms with Crippen LogP contribution in [0.3, 0.4) is 0 Å². The number of aryl methyl sites for hydroxylation is 1. The first-order valence-electron chi connectivity index (χ1n) is 7.51. The minimum absolute atomic E-state index is 0. The molecule has 0 bridgehead atoms. The fourth-order valence-corrected chi connectivity index (χ4v) is 4.24. The van der Waals surface area contributed by atoms with E-state index in [-0.39, 0.29) is 30.2 Å². The van der Waals surface area contributed by atoms with Gasteiger partial charge in [0.1, 0.15) is 0 Å². The van der Waals surface area contributed by atoms with Crippen molar-refractivity contribution in [2.45, 2.75) is 36.7 Å². The van der Waals surface area contributed by atoms with Crippen LogP contribution in [-0.4, -0.2) is 0 Å². The number of rotatable bonds is 1. The van der Waals surface area contributed by atoms with Crippen molar-refractivity contribution >= 4 is 11.6 Å². The third-order valence-corrected chi connectivity index (χ3v) is 5.86. The van der Waals surface area contributed by atoms with Crippen molar-refractivity contribution in [3.63, 3.8) is 0 Å². The summed E-state index contributed by atoms with van der Waals surface area (Å²) in [6.07, 6.45) is 2.38. The Kier molecular flexibility index (Phi) is 6.91. The fourth-order valence-electron chi connectivity index (χ4n) is 3.01. The number of hydrogen-bond acceptors (Lipinski definition) is 0. The molecule has 0 heterocycles. The molecule has 0 amide bonds. The number of halogens is 2. The molecule has 1 aliphatic rings. The second-order valence-corrected chi connectivity index (χ2v) is 8.36. The standard InChI is InChI=1S/C20H21.2ClH.Zr/c1-14-11-18(20(2,3)4)9-10-19(14)17-12-15-7-5-6-8-16(15)13-17;;;/h5-13H,1-4H3;2*1H;/q;;;+2/p-2. The molecule has 0 fully saturated rings. The van der Waals surface area contributed by atoms with Gasteiger partial charge >= 0.3 is 143 Å². The van der Waals surface area contributed by atoms with Crippen molar-refractivity contribution in [1.82, 2.24) is 0 Å². The second-order valence-electron chi connectivity index (χ2n) is 6.94. The van der Waals surface area contributed by atoms with Gasteiger partial charge in [-0.3, -0.25) is 0 Å². The third-order valence-electron chi connectivity index (χ3n) is 4.33. The van der Waals surface area contributed by atoms with E-state index in [9.17, 15) is 0 Å². The average molecular weight is 424 g/mol. The number of hydrogen-bond donors (Lipinski definition) is 0. The van der Waals surface area contributed by atoms with Crippen LogP contribution in [0.1, 0.15) is 52.2 Å². The fraction of sp³-hybridized carbons (Fsp3) is 0.300. The molecule has 0 radical (unpaired) electrons. The monoisotopic (exact) mass is 421 g/mol. The van der Waals surface area contributed by atoms with Crippen LogP contribution in [0.15, 0.2) is 42.5 Å². The van der Waals surface area contributed by atoms with E-state index in [4.69, 9.17) is 0 Å². The maximum Gasteiger partial charge on any atom is -1.00 e. The van der Waals surface area contributed by atoms with Crippen molar-refractivity contribution in [1.29, 1.82) is 0 Å². The quantitative estimate of drug-likeness (QED) is 0.577. The van der Waals surface area contributed by atoms with Gasteiger partial charge in [0.15, 0.2) is 0 Å². The Morgan fingerprint density at radius 2 is 1.61 bits per heavy atom. The van der Waals surface area contributed by atoms with Crippen LogP contribution < -0.4 is 24.8 Å². The molecular formula is C20H21Cl2Zr. The molecule has 3 heteroatoms. The molecule has 23 heavy (non-hydrogen) atoms. The molecule has 2 aromatic carbocycles. The zero-order valence-electron chi connectivity index (χ0n) is 14.0. The van der Waals surface area contributed by atoms with Crippen molar-refractivity contribution < 1.29 is 49.5 Å². The molecule has 0 nitrogen and oxygen atoms in total. The Morgan fingerprint density at radius 1 is 0.957 bits per heavy atom. The largest absolute Gasteiger partial charge is 1.00 e. The molecule has 0 saturated heterocycles. The first-order chi connectivity index (χ1) is 9.88. The van der Waals surface area contributed by atoms with Crippen LogP contribution >= 0.6 is 0 Å². The van der Waals surface area contributed by atoms with Gasteiger partial charge in [-0.05, 0) is 0 Å². The van der Waals surface area contributed by atoms with Crippen LogP contribution in [-0.2, 0) is 30.1 Å². The van der Waals surface area contributed by atoms with Gasteiger partial charge in [0.2, 0.25) is 0 Å². The number of fused-ring (bicyclic) bond motifs is 1. The Balaban J connectivity index is 0.00000132. The maximum absolute atomic E-state index is 2.38. The smallest absolute Gasteiger partial charge is 1.00 e. The predicted molar refractivity (Wildman–Crippen MR) is 86.9 cm³/mol. The average Bonchev–Trinajstić information content (AvgIpc) is 2.75. The summed E-state index contributed by atoms with van der Waals surface area (Å²) in [6.45, 7) is 9.08. The van der Waals surface area contributed by atoms with Gasteiger partial charge in [0.05, 0.1) is 0 Å². The molecule has 1 atom stereocenters. The molecule has 0 aromatic heterocycles. The van der Waals surface area contributed by atoms with Crippen molar-refractivity contribution in [2.75, 3.05) is 0 Å². The maximum atomic E-state index is 2.38. The summed E-state index contributed by atoms with van der Waals surface area (Å²) in [5, 5.41) is 0. The molecule has 0 aliphatic heterocycles. The van der Waals surface area contributed by atoms with Crippen molar-refractivity contribution in [2.24, 2.45) is 0 Å². The molecule has 3 rings (SSSR count). The van der Waals surface area contributed by atoms with Crippen LogP contribution in [0.4, 0.5) is 0 Å². The second kappa shape index (κ2) is 7.68. The van der Waals surface area contributed by atoms with Crippen LogP contribution in [0.25, 0.3) is 11.6 Å². The van der Waals surface area contributed by atoms with E-state index in [1.807, 2.05) is 0 Å². The summed E-state index contributed by atoms with van der Waals surface area (Å²) in [7, 11) is 0. The van der Waals surface area contributed by atoms with E-state index in [2.05, 4.69) is 76.2 Å². The van der Waals surface area contributed by atoms with Crippen LogP contribution in [0.2, 0.25) is 0 Å². The Labute approximate surface area is 167 Å². The summed E-state index contributed by atoms with van der Waals surface area (Å²) in [5.74, 6) is 0. The third kappa shape index (κ3) is 4.01. The molecule has 0 saturated carbocycles. The first kappa shape index (κ1) is 20.7. The topological polar surface area (TPSA) is 0 Å². The molecule has 2 aromatic rings. The van der Waals surface area contributed by atoms with Gasteiger partial charge in [-0.25, -0.2) is 0 Å². The first-order valence-corrected chi connectivity index (χ1v) is 8.93. The molecule has 0 spiro atoms. The zero-order chi connectivity index (χ0) is 15.2. The minimum Gasteiger partial charge on any atom is -1.00 e. The van der Waals surface area contributed by atoms with Gasteiger partial charge in [-0.1, -0.05) is 0 Å². The van der Waals surface area contributed by atoms with E-state index in [0.29, 0.717) is 3.63 Å².